The maximum atomic E-state index is 13.0. The van der Waals surface area contributed by atoms with Gasteiger partial charge in [-0.2, -0.15) is 10.4 Å². The molecule has 172 valence electrons. The Morgan fingerprint density at radius 3 is 2.82 bits per heavy atom. The Bertz CT molecular complexity index is 1300. The van der Waals surface area contributed by atoms with E-state index in [2.05, 4.69) is 16.1 Å². The standard InChI is InChI=1S/C26H25N5O3/c1-17(32)30-10-8-24-23(15-30)25(29-31(24)22-9-11-34-16-22)19-5-3-6-20(13-19)26(33)28-21-7-2-4-18(12-21)14-27/h2-7,12-13,22H,8-11,15-16H2,1H3,(H,28,33). The van der Waals surface area contributed by atoms with Crippen LogP contribution in [0.15, 0.2) is 48.5 Å². The predicted octanol–water partition coefficient (Wildman–Crippen LogP) is 3.54. The summed E-state index contributed by atoms with van der Waals surface area (Å²) in [5.74, 6) is -0.221. The number of hydrogen-bond acceptors (Lipinski definition) is 5. The molecule has 34 heavy (non-hydrogen) atoms. The molecule has 3 heterocycles. The number of nitriles is 1. The first kappa shape index (κ1) is 21.9. The van der Waals surface area contributed by atoms with Crippen molar-refractivity contribution in [2.24, 2.45) is 0 Å². The Hall–Kier alpha value is -3.96. The summed E-state index contributed by atoms with van der Waals surface area (Å²) in [4.78, 5) is 26.9. The Balaban J connectivity index is 1.49. The Morgan fingerprint density at radius 1 is 1.21 bits per heavy atom. The Kier molecular flexibility index (Phi) is 5.86. The molecule has 8 nitrogen and oxygen atoms in total. The van der Waals surface area contributed by atoms with E-state index in [4.69, 9.17) is 15.1 Å². The van der Waals surface area contributed by atoms with Crippen LogP contribution in [0, 0.1) is 11.3 Å². The van der Waals surface area contributed by atoms with Crippen molar-refractivity contribution >= 4 is 17.5 Å². The van der Waals surface area contributed by atoms with Crippen molar-refractivity contribution in [2.45, 2.75) is 32.4 Å². The van der Waals surface area contributed by atoms with Crippen molar-refractivity contribution in [3.05, 3.63) is 70.9 Å². The van der Waals surface area contributed by atoms with Crippen molar-refractivity contribution in [3.8, 4) is 17.3 Å². The summed E-state index contributed by atoms with van der Waals surface area (Å²) in [5, 5.41) is 16.9. The van der Waals surface area contributed by atoms with Crippen LogP contribution in [-0.4, -0.2) is 46.3 Å². The van der Waals surface area contributed by atoms with Crippen molar-refractivity contribution in [1.82, 2.24) is 14.7 Å². The fraction of sp³-hybridized carbons (Fsp3) is 0.308. The third-order valence-electron chi connectivity index (χ3n) is 6.43. The van der Waals surface area contributed by atoms with Gasteiger partial charge >= 0.3 is 0 Å². The Morgan fingerprint density at radius 2 is 2.06 bits per heavy atom. The summed E-state index contributed by atoms with van der Waals surface area (Å²) in [6, 6.07) is 16.4. The largest absolute Gasteiger partial charge is 0.379 e. The van der Waals surface area contributed by atoms with E-state index in [9.17, 15) is 9.59 Å². The molecule has 2 amide bonds. The number of anilines is 1. The van der Waals surface area contributed by atoms with Gasteiger partial charge in [0, 0.05) is 61.1 Å². The predicted molar refractivity (Wildman–Crippen MR) is 126 cm³/mol. The molecule has 0 radical (unpaired) electrons. The lowest BCUT2D eigenvalue weighted by Crippen LogP contribution is -2.35. The summed E-state index contributed by atoms with van der Waals surface area (Å²) in [6.45, 7) is 4.12. The number of carbonyl (C=O) groups excluding carboxylic acids is 2. The molecule has 1 saturated heterocycles. The molecule has 1 atom stereocenters. The molecule has 1 N–H and O–H groups in total. The van der Waals surface area contributed by atoms with E-state index in [0.29, 0.717) is 36.5 Å². The highest BCUT2D eigenvalue weighted by molar-refractivity contribution is 6.05. The zero-order valence-corrected chi connectivity index (χ0v) is 19.0. The summed E-state index contributed by atoms with van der Waals surface area (Å²) < 4.78 is 7.68. The number of ether oxygens (including phenoxy) is 1. The number of carbonyl (C=O) groups is 2. The molecule has 3 aromatic rings. The van der Waals surface area contributed by atoms with E-state index in [1.165, 1.54) is 0 Å². The minimum atomic E-state index is -0.264. The zero-order chi connectivity index (χ0) is 23.7. The third-order valence-corrected chi connectivity index (χ3v) is 6.43. The van der Waals surface area contributed by atoms with Gasteiger partial charge in [0.05, 0.1) is 30.0 Å². The number of aromatic nitrogens is 2. The van der Waals surface area contributed by atoms with Crippen LogP contribution >= 0.6 is 0 Å². The molecule has 2 aromatic carbocycles. The first-order valence-electron chi connectivity index (χ1n) is 11.4. The van der Waals surface area contributed by atoms with Crippen LogP contribution in [0.5, 0.6) is 0 Å². The molecular formula is C26H25N5O3. The minimum absolute atomic E-state index is 0.0428. The van der Waals surface area contributed by atoms with Crippen LogP contribution in [0.1, 0.15) is 46.6 Å². The molecule has 0 spiro atoms. The van der Waals surface area contributed by atoms with Gasteiger partial charge < -0.3 is 15.0 Å². The van der Waals surface area contributed by atoms with Crippen molar-refractivity contribution in [1.29, 1.82) is 5.26 Å². The summed E-state index contributed by atoms with van der Waals surface area (Å²) in [5.41, 5.74) is 5.35. The average molecular weight is 456 g/mol. The van der Waals surface area contributed by atoms with E-state index in [-0.39, 0.29) is 17.9 Å². The number of nitrogens with zero attached hydrogens (tertiary/aromatic N) is 4. The maximum Gasteiger partial charge on any atom is 0.255 e. The molecule has 0 aliphatic carbocycles. The first-order chi connectivity index (χ1) is 16.5. The lowest BCUT2D eigenvalue weighted by molar-refractivity contribution is -0.129. The maximum absolute atomic E-state index is 13.0. The van der Waals surface area contributed by atoms with Crippen LogP contribution < -0.4 is 5.32 Å². The molecule has 0 saturated carbocycles. The van der Waals surface area contributed by atoms with E-state index in [1.807, 2.05) is 23.1 Å². The van der Waals surface area contributed by atoms with Gasteiger partial charge in [0.15, 0.2) is 0 Å². The van der Waals surface area contributed by atoms with E-state index in [1.54, 1.807) is 37.3 Å². The number of hydrogen-bond donors (Lipinski definition) is 1. The van der Waals surface area contributed by atoms with Gasteiger partial charge in [-0.1, -0.05) is 18.2 Å². The van der Waals surface area contributed by atoms with Gasteiger partial charge in [-0.25, -0.2) is 0 Å². The smallest absolute Gasteiger partial charge is 0.255 e. The van der Waals surface area contributed by atoms with Crippen LogP contribution in [0.4, 0.5) is 5.69 Å². The van der Waals surface area contributed by atoms with E-state index < -0.39 is 0 Å². The number of rotatable bonds is 4. The molecular weight excluding hydrogens is 430 g/mol. The third kappa shape index (κ3) is 4.18. The van der Waals surface area contributed by atoms with Gasteiger partial charge in [-0.05, 0) is 36.8 Å². The molecule has 2 aliphatic rings. The second-order valence-electron chi connectivity index (χ2n) is 8.65. The molecule has 2 aliphatic heterocycles. The highest BCUT2D eigenvalue weighted by Crippen LogP contribution is 2.34. The van der Waals surface area contributed by atoms with Crippen molar-refractivity contribution < 1.29 is 14.3 Å². The molecule has 5 rings (SSSR count). The van der Waals surface area contributed by atoms with Gasteiger partial charge in [0.25, 0.3) is 5.91 Å². The lowest BCUT2D eigenvalue weighted by atomic mass is 9.99. The van der Waals surface area contributed by atoms with Crippen LogP contribution in [0.3, 0.4) is 0 Å². The summed E-state index contributed by atoms with van der Waals surface area (Å²) in [6.07, 6.45) is 1.65. The van der Waals surface area contributed by atoms with E-state index >= 15 is 0 Å². The normalized spacial score (nSPS) is 17.2. The lowest BCUT2D eigenvalue weighted by Gasteiger charge is -2.27. The number of nitrogens with one attached hydrogen (secondary N) is 1. The SMILES string of the molecule is CC(=O)N1CCc2c(c(-c3cccc(C(=O)Nc4cccc(C#N)c4)c3)nn2C2CCOC2)C1. The van der Waals surface area contributed by atoms with Gasteiger partial charge in [-0.3, -0.25) is 14.3 Å². The van der Waals surface area contributed by atoms with Gasteiger partial charge in [-0.15, -0.1) is 0 Å². The zero-order valence-electron chi connectivity index (χ0n) is 19.0. The quantitative estimate of drug-likeness (QED) is 0.649. The number of benzene rings is 2. The van der Waals surface area contributed by atoms with Gasteiger partial charge in [0.1, 0.15) is 0 Å². The molecule has 1 fully saturated rings. The molecule has 8 heteroatoms. The average Bonchev–Trinajstić information content (AvgIpc) is 3.52. The molecule has 1 unspecified atom stereocenters. The Labute approximate surface area is 197 Å². The minimum Gasteiger partial charge on any atom is -0.379 e. The van der Waals surface area contributed by atoms with Crippen LogP contribution in [0.25, 0.3) is 11.3 Å². The second kappa shape index (κ2) is 9.12. The van der Waals surface area contributed by atoms with E-state index in [0.717, 1.165) is 42.0 Å². The highest BCUT2D eigenvalue weighted by Gasteiger charge is 2.30. The fourth-order valence-corrected chi connectivity index (χ4v) is 4.64. The number of amides is 2. The fourth-order valence-electron chi connectivity index (χ4n) is 4.64. The van der Waals surface area contributed by atoms with Gasteiger partial charge in [0.2, 0.25) is 5.91 Å². The van der Waals surface area contributed by atoms with Crippen molar-refractivity contribution in [3.63, 3.8) is 0 Å². The molecule has 0 bridgehead atoms. The summed E-state index contributed by atoms with van der Waals surface area (Å²) in [7, 11) is 0. The highest BCUT2D eigenvalue weighted by atomic mass is 16.5. The first-order valence-corrected chi connectivity index (χ1v) is 11.4. The number of fused-ring (bicyclic) bond motifs is 1. The molecule has 1 aromatic heterocycles. The topological polar surface area (TPSA) is 100 Å². The van der Waals surface area contributed by atoms with Crippen LogP contribution in [-0.2, 0) is 22.5 Å². The van der Waals surface area contributed by atoms with Crippen LogP contribution in [0.2, 0.25) is 0 Å². The van der Waals surface area contributed by atoms with Crippen molar-refractivity contribution in [2.75, 3.05) is 25.1 Å². The second-order valence-corrected chi connectivity index (χ2v) is 8.65. The summed E-state index contributed by atoms with van der Waals surface area (Å²) >= 11 is 0. The monoisotopic (exact) mass is 455 g/mol.